The van der Waals surface area contributed by atoms with Gasteiger partial charge in [-0.3, -0.25) is 4.90 Å². The third-order valence-electron chi connectivity index (χ3n) is 5.50. The molecule has 0 aromatic carbocycles. The molecule has 2 aromatic heterocycles. The van der Waals surface area contributed by atoms with Crippen LogP contribution in [0.2, 0.25) is 0 Å². The van der Waals surface area contributed by atoms with Crippen LogP contribution >= 0.6 is 0 Å². The Bertz CT molecular complexity index is 857. The maximum absolute atomic E-state index is 12.0. The lowest BCUT2D eigenvalue weighted by molar-refractivity contribution is -0.165. The Morgan fingerprint density at radius 3 is 3.10 bits per heavy atom. The van der Waals surface area contributed by atoms with Crippen molar-refractivity contribution in [3.05, 3.63) is 29.7 Å². The SMILES string of the molecule is CCOC(=O)c1cnn2cc(CNCC3(CO)COCC4COCCN43)cnc12. The minimum atomic E-state index is -0.465. The molecule has 10 nitrogen and oxygen atoms in total. The topological polar surface area (TPSA) is 110 Å². The van der Waals surface area contributed by atoms with Gasteiger partial charge in [0, 0.05) is 37.6 Å². The lowest BCUT2D eigenvalue weighted by Gasteiger charge is -2.52. The van der Waals surface area contributed by atoms with E-state index in [1.807, 2.05) is 6.20 Å². The van der Waals surface area contributed by atoms with Crippen molar-refractivity contribution in [2.45, 2.75) is 25.0 Å². The number of hydrogen-bond donors (Lipinski definition) is 2. The summed E-state index contributed by atoms with van der Waals surface area (Å²) in [6.07, 6.45) is 5.02. The highest BCUT2D eigenvalue weighted by atomic mass is 16.5. The van der Waals surface area contributed by atoms with Gasteiger partial charge >= 0.3 is 5.97 Å². The fraction of sp³-hybridized carbons (Fsp3) is 0.632. The number of nitrogens with zero attached hydrogens (tertiary/aromatic N) is 4. The Kier molecular flexibility index (Phi) is 6.07. The molecule has 2 aliphatic heterocycles. The lowest BCUT2D eigenvalue weighted by atomic mass is 9.94. The van der Waals surface area contributed by atoms with Gasteiger partial charge in [-0.05, 0) is 6.92 Å². The van der Waals surface area contributed by atoms with Crippen molar-refractivity contribution in [3.8, 4) is 0 Å². The van der Waals surface area contributed by atoms with Crippen molar-refractivity contribution >= 4 is 11.6 Å². The van der Waals surface area contributed by atoms with Crippen LogP contribution in [0.25, 0.3) is 5.65 Å². The van der Waals surface area contributed by atoms with Crippen LogP contribution in [0.15, 0.2) is 18.6 Å². The van der Waals surface area contributed by atoms with Crippen LogP contribution in [0.4, 0.5) is 0 Å². The van der Waals surface area contributed by atoms with Crippen LogP contribution in [-0.4, -0.2) is 94.9 Å². The zero-order chi connectivity index (χ0) is 20.3. The van der Waals surface area contributed by atoms with Crippen molar-refractivity contribution in [3.63, 3.8) is 0 Å². The van der Waals surface area contributed by atoms with Gasteiger partial charge in [0.25, 0.3) is 0 Å². The van der Waals surface area contributed by atoms with Gasteiger partial charge in [-0.15, -0.1) is 0 Å². The minimum absolute atomic E-state index is 0.00976. The molecule has 4 rings (SSSR count). The molecule has 2 N–H and O–H groups in total. The Labute approximate surface area is 168 Å². The number of carbonyl (C=O) groups is 1. The van der Waals surface area contributed by atoms with Crippen molar-refractivity contribution in [2.75, 3.05) is 52.7 Å². The van der Waals surface area contributed by atoms with Crippen LogP contribution in [0, 0.1) is 0 Å². The number of nitrogens with one attached hydrogen (secondary N) is 1. The fourth-order valence-corrected chi connectivity index (χ4v) is 4.03. The van der Waals surface area contributed by atoms with E-state index in [0.29, 0.717) is 57.3 Å². The number of fused-ring (bicyclic) bond motifs is 2. The molecule has 158 valence electrons. The highest BCUT2D eigenvalue weighted by molar-refractivity contribution is 5.95. The normalized spacial score (nSPS) is 25.1. The van der Waals surface area contributed by atoms with Gasteiger partial charge in [0.1, 0.15) is 5.56 Å². The summed E-state index contributed by atoms with van der Waals surface area (Å²) in [5, 5.41) is 17.8. The van der Waals surface area contributed by atoms with Gasteiger partial charge in [-0.25, -0.2) is 14.3 Å². The largest absolute Gasteiger partial charge is 0.462 e. The average Bonchev–Trinajstić information content (AvgIpc) is 3.17. The molecule has 2 unspecified atom stereocenters. The van der Waals surface area contributed by atoms with Gasteiger partial charge < -0.3 is 24.6 Å². The van der Waals surface area contributed by atoms with Gasteiger partial charge in [-0.2, -0.15) is 5.10 Å². The summed E-state index contributed by atoms with van der Waals surface area (Å²) in [5.74, 6) is -0.428. The van der Waals surface area contributed by atoms with E-state index in [1.54, 1.807) is 17.6 Å². The summed E-state index contributed by atoms with van der Waals surface area (Å²) >= 11 is 0. The van der Waals surface area contributed by atoms with E-state index in [4.69, 9.17) is 14.2 Å². The van der Waals surface area contributed by atoms with E-state index in [2.05, 4.69) is 20.3 Å². The molecule has 0 bridgehead atoms. The Balaban J connectivity index is 1.42. The van der Waals surface area contributed by atoms with Gasteiger partial charge in [0.2, 0.25) is 0 Å². The summed E-state index contributed by atoms with van der Waals surface area (Å²) in [5.41, 5.74) is 1.27. The maximum atomic E-state index is 12.0. The van der Waals surface area contributed by atoms with Gasteiger partial charge in [0.05, 0.1) is 57.4 Å². The number of ether oxygens (including phenoxy) is 3. The number of aliphatic hydroxyl groups is 1. The van der Waals surface area contributed by atoms with E-state index in [0.717, 1.165) is 12.1 Å². The van der Waals surface area contributed by atoms with Gasteiger partial charge in [-0.1, -0.05) is 0 Å². The van der Waals surface area contributed by atoms with E-state index in [1.165, 1.54) is 6.20 Å². The van der Waals surface area contributed by atoms with Gasteiger partial charge in [0.15, 0.2) is 5.65 Å². The first-order valence-electron chi connectivity index (χ1n) is 9.90. The standard InChI is InChI=1S/C19H27N5O5/c1-2-29-18(26)16-7-22-24-8-14(6-21-17(16)24)5-20-11-19(12-25)13-28-10-15-9-27-4-3-23(15)19/h6-8,15,20,25H,2-5,9-13H2,1H3. The summed E-state index contributed by atoms with van der Waals surface area (Å²) in [4.78, 5) is 18.6. The first kappa shape index (κ1) is 20.2. The summed E-state index contributed by atoms with van der Waals surface area (Å²) < 4.78 is 17.9. The number of carbonyl (C=O) groups excluding carboxylic acids is 1. The molecule has 0 saturated carbocycles. The zero-order valence-electron chi connectivity index (χ0n) is 16.5. The predicted octanol–water partition coefficient (Wildman–Crippen LogP) is -0.542. The summed E-state index contributed by atoms with van der Waals surface area (Å²) in [6.45, 7) is 6.39. The fourth-order valence-electron chi connectivity index (χ4n) is 4.03. The van der Waals surface area contributed by atoms with E-state index < -0.39 is 11.5 Å². The highest BCUT2D eigenvalue weighted by Gasteiger charge is 2.45. The Morgan fingerprint density at radius 1 is 1.41 bits per heavy atom. The molecule has 0 radical (unpaired) electrons. The van der Waals surface area contributed by atoms with E-state index in [9.17, 15) is 9.90 Å². The summed E-state index contributed by atoms with van der Waals surface area (Å²) in [7, 11) is 0. The average molecular weight is 405 g/mol. The third-order valence-corrected chi connectivity index (χ3v) is 5.50. The second kappa shape index (κ2) is 8.72. The zero-order valence-corrected chi connectivity index (χ0v) is 16.5. The highest BCUT2D eigenvalue weighted by Crippen LogP contribution is 2.26. The van der Waals surface area contributed by atoms with E-state index >= 15 is 0 Å². The molecule has 2 atom stereocenters. The van der Waals surface area contributed by atoms with Crippen molar-refractivity contribution in [1.29, 1.82) is 0 Å². The van der Waals surface area contributed by atoms with Crippen LogP contribution in [0.3, 0.4) is 0 Å². The number of morpholine rings is 2. The van der Waals surface area contributed by atoms with Crippen LogP contribution < -0.4 is 5.32 Å². The Morgan fingerprint density at radius 2 is 2.28 bits per heavy atom. The van der Waals surface area contributed by atoms with Crippen molar-refractivity contribution in [1.82, 2.24) is 24.8 Å². The van der Waals surface area contributed by atoms with Crippen LogP contribution in [0.5, 0.6) is 0 Å². The number of hydrogen-bond acceptors (Lipinski definition) is 9. The lowest BCUT2D eigenvalue weighted by Crippen LogP contribution is -2.70. The smallest absolute Gasteiger partial charge is 0.343 e. The van der Waals surface area contributed by atoms with E-state index in [-0.39, 0.29) is 12.6 Å². The number of rotatable bonds is 7. The first-order valence-corrected chi connectivity index (χ1v) is 9.90. The number of aromatic nitrogens is 3. The van der Waals surface area contributed by atoms with Crippen LogP contribution in [0.1, 0.15) is 22.8 Å². The predicted molar refractivity (Wildman–Crippen MR) is 103 cm³/mol. The molecule has 0 amide bonds. The molecule has 0 aliphatic carbocycles. The molecule has 29 heavy (non-hydrogen) atoms. The Hall–Kier alpha value is -2.11. The molecule has 0 spiro atoms. The second-order valence-corrected chi connectivity index (χ2v) is 7.43. The molecule has 2 saturated heterocycles. The minimum Gasteiger partial charge on any atom is -0.462 e. The monoisotopic (exact) mass is 405 g/mol. The summed E-state index contributed by atoms with van der Waals surface area (Å²) in [6, 6.07) is 0.176. The van der Waals surface area contributed by atoms with Crippen LogP contribution in [-0.2, 0) is 20.8 Å². The molecule has 2 aromatic rings. The second-order valence-electron chi connectivity index (χ2n) is 7.43. The molecule has 10 heteroatoms. The molecule has 4 heterocycles. The quantitative estimate of drug-likeness (QED) is 0.587. The number of aliphatic hydroxyl groups excluding tert-OH is 1. The molecule has 2 aliphatic rings. The number of esters is 1. The third kappa shape index (κ3) is 3.99. The molecule has 2 fully saturated rings. The molecular weight excluding hydrogens is 378 g/mol. The van der Waals surface area contributed by atoms with Crippen molar-refractivity contribution < 1.29 is 24.1 Å². The first-order chi connectivity index (χ1) is 14.2. The molecular formula is C19H27N5O5. The van der Waals surface area contributed by atoms with Crippen molar-refractivity contribution in [2.24, 2.45) is 0 Å². The maximum Gasteiger partial charge on any atom is 0.343 e.